The van der Waals surface area contributed by atoms with Crippen LogP contribution in [0.1, 0.15) is 36.4 Å². The van der Waals surface area contributed by atoms with Crippen molar-refractivity contribution >= 4 is 16.8 Å². The number of fused-ring (bicyclic) bond motifs is 1. The van der Waals surface area contributed by atoms with Crippen LogP contribution in [0.25, 0.3) is 10.9 Å². The van der Waals surface area contributed by atoms with Gasteiger partial charge in [-0.2, -0.15) is 0 Å². The van der Waals surface area contributed by atoms with Crippen LogP contribution in [-0.2, 0) is 11.2 Å². The van der Waals surface area contributed by atoms with E-state index in [1.807, 2.05) is 30.5 Å². The zero-order chi connectivity index (χ0) is 20.1. The Balaban J connectivity index is 1.38. The summed E-state index contributed by atoms with van der Waals surface area (Å²) in [6, 6.07) is 16.6. The molecule has 1 atom stereocenters. The lowest BCUT2D eigenvalue weighted by Gasteiger charge is -2.28. The highest BCUT2D eigenvalue weighted by atomic mass is 16.5. The Morgan fingerprint density at radius 1 is 1.17 bits per heavy atom. The topological polar surface area (TPSA) is 57.4 Å². The Morgan fingerprint density at radius 3 is 2.83 bits per heavy atom. The monoisotopic (exact) mass is 391 g/mol. The molecule has 0 saturated carbocycles. The van der Waals surface area contributed by atoms with Crippen molar-refractivity contribution in [1.82, 2.24) is 15.2 Å². The first-order chi connectivity index (χ1) is 14.2. The van der Waals surface area contributed by atoms with E-state index in [1.165, 1.54) is 29.4 Å². The van der Waals surface area contributed by atoms with Crippen LogP contribution in [0.5, 0.6) is 5.75 Å². The van der Waals surface area contributed by atoms with Gasteiger partial charge in [-0.1, -0.05) is 30.3 Å². The number of para-hydroxylation sites is 1. The second-order valence-corrected chi connectivity index (χ2v) is 7.70. The fourth-order valence-corrected chi connectivity index (χ4v) is 4.25. The van der Waals surface area contributed by atoms with E-state index in [9.17, 15) is 4.79 Å². The number of hydrogen-bond donors (Lipinski definition) is 2. The maximum absolute atomic E-state index is 12.6. The van der Waals surface area contributed by atoms with E-state index in [1.54, 1.807) is 7.11 Å². The van der Waals surface area contributed by atoms with Gasteiger partial charge in [0, 0.05) is 30.1 Å². The van der Waals surface area contributed by atoms with Crippen molar-refractivity contribution in [2.45, 2.75) is 31.7 Å². The van der Waals surface area contributed by atoms with Crippen LogP contribution in [0, 0.1) is 0 Å². The molecule has 1 saturated heterocycles. The van der Waals surface area contributed by atoms with E-state index in [2.05, 4.69) is 39.5 Å². The molecule has 2 heterocycles. The summed E-state index contributed by atoms with van der Waals surface area (Å²) < 4.78 is 5.40. The molecule has 2 aromatic carbocycles. The highest BCUT2D eigenvalue weighted by molar-refractivity contribution is 5.84. The van der Waals surface area contributed by atoms with E-state index in [0.29, 0.717) is 13.0 Å². The summed E-state index contributed by atoms with van der Waals surface area (Å²) in [6.07, 6.45) is 5.68. The second-order valence-electron chi connectivity index (χ2n) is 7.70. The quantitative estimate of drug-likeness (QED) is 0.609. The largest absolute Gasteiger partial charge is 0.497 e. The summed E-state index contributed by atoms with van der Waals surface area (Å²) in [5.74, 6) is 0.958. The van der Waals surface area contributed by atoms with Crippen LogP contribution >= 0.6 is 0 Å². The predicted molar refractivity (Wildman–Crippen MR) is 116 cm³/mol. The molecule has 1 fully saturated rings. The maximum Gasteiger partial charge on any atom is 0.220 e. The molecule has 1 amide bonds. The van der Waals surface area contributed by atoms with Crippen LogP contribution in [-0.4, -0.2) is 42.5 Å². The number of rotatable bonds is 8. The Labute approximate surface area is 172 Å². The van der Waals surface area contributed by atoms with Crippen molar-refractivity contribution in [1.29, 1.82) is 0 Å². The molecule has 0 aliphatic carbocycles. The van der Waals surface area contributed by atoms with Gasteiger partial charge in [-0.25, -0.2) is 0 Å². The number of likely N-dealkylation sites (tertiary alicyclic amines) is 1. The summed E-state index contributed by atoms with van der Waals surface area (Å²) in [5.41, 5.74) is 3.51. The van der Waals surface area contributed by atoms with E-state index < -0.39 is 0 Å². The van der Waals surface area contributed by atoms with Crippen molar-refractivity contribution in [2.75, 3.05) is 26.7 Å². The van der Waals surface area contributed by atoms with Gasteiger partial charge in [0.15, 0.2) is 0 Å². The number of carbonyl (C=O) groups is 1. The number of methoxy groups -OCH3 is 1. The van der Waals surface area contributed by atoms with Crippen LogP contribution in [0.2, 0.25) is 0 Å². The SMILES string of the molecule is COc1cccc(C(CNC(=O)CCc2c[nH]c3ccccc23)N2CCCC2)c1. The van der Waals surface area contributed by atoms with E-state index in [-0.39, 0.29) is 11.9 Å². The number of nitrogens with one attached hydrogen (secondary N) is 2. The predicted octanol–water partition coefficient (Wildman–Crippen LogP) is 4.06. The molecule has 3 aromatic rings. The first kappa shape index (κ1) is 19.5. The molecule has 5 heteroatoms. The molecular weight excluding hydrogens is 362 g/mol. The Bertz CT molecular complexity index is 959. The number of aryl methyl sites for hydroxylation is 1. The zero-order valence-corrected chi connectivity index (χ0v) is 17.0. The molecule has 29 heavy (non-hydrogen) atoms. The fraction of sp³-hybridized carbons (Fsp3) is 0.375. The normalized spacial score (nSPS) is 15.5. The van der Waals surface area contributed by atoms with Gasteiger partial charge in [0.1, 0.15) is 5.75 Å². The summed E-state index contributed by atoms with van der Waals surface area (Å²) in [4.78, 5) is 18.3. The van der Waals surface area contributed by atoms with E-state index >= 15 is 0 Å². The minimum atomic E-state index is 0.0994. The number of aromatic nitrogens is 1. The van der Waals surface area contributed by atoms with Gasteiger partial charge in [0.05, 0.1) is 13.2 Å². The third-order valence-electron chi connectivity index (χ3n) is 5.85. The van der Waals surface area contributed by atoms with Gasteiger partial charge >= 0.3 is 0 Å². The number of ether oxygens (including phenoxy) is 1. The lowest BCUT2D eigenvalue weighted by Crippen LogP contribution is -2.36. The van der Waals surface area contributed by atoms with Crippen LogP contribution in [0.3, 0.4) is 0 Å². The molecule has 4 rings (SSSR count). The molecule has 0 spiro atoms. The highest BCUT2D eigenvalue weighted by Crippen LogP contribution is 2.27. The molecule has 0 radical (unpaired) electrons. The lowest BCUT2D eigenvalue weighted by atomic mass is 10.0. The van der Waals surface area contributed by atoms with Gasteiger partial charge in [-0.3, -0.25) is 9.69 Å². The molecule has 1 aromatic heterocycles. The molecule has 0 bridgehead atoms. The number of carbonyl (C=O) groups excluding carboxylic acids is 1. The second kappa shape index (κ2) is 9.14. The molecule has 1 unspecified atom stereocenters. The number of aromatic amines is 1. The first-order valence-electron chi connectivity index (χ1n) is 10.4. The molecule has 2 N–H and O–H groups in total. The van der Waals surface area contributed by atoms with Crippen molar-refractivity contribution in [3.8, 4) is 5.75 Å². The number of hydrogen-bond acceptors (Lipinski definition) is 3. The van der Waals surface area contributed by atoms with Gasteiger partial charge in [0.25, 0.3) is 0 Å². The van der Waals surface area contributed by atoms with Crippen molar-refractivity contribution in [3.63, 3.8) is 0 Å². The maximum atomic E-state index is 12.6. The number of H-pyrrole nitrogens is 1. The average Bonchev–Trinajstić information content (AvgIpc) is 3.43. The van der Waals surface area contributed by atoms with Gasteiger partial charge in [-0.05, 0) is 61.7 Å². The Hall–Kier alpha value is -2.79. The third-order valence-corrected chi connectivity index (χ3v) is 5.85. The summed E-state index contributed by atoms with van der Waals surface area (Å²) in [7, 11) is 1.69. The molecular formula is C24H29N3O2. The van der Waals surface area contributed by atoms with E-state index in [0.717, 1.165) is 30.8 Å². The standard InChI is InChI=1S/C24H29N3O2/c1-29-20-8-6-7-18(15-20)23(27-13-4-5-14-27)17-26-24(28)12-11-19-16-25-22-10-3-2-9-21(19)22/h2-3,6-10,15-16,23,25H,4-5,11-14,17H2,1H3,(H,26,28). The zero-order valence-electron chi connectivity index (χ0n) is 17.0. The summed E-state index contributed by atoms with van der Waals surface area (Å²) in [5, 5.41) is 4.38. The Morgan fingerprint density at radius 2 is 2.00 bits per heavy atom. The van der Waals surface area contributed by atoms with Gasteiger partial charge < -0.3 is 15.0 Å². The number of nitrogens with zero attached hydrogens (tertiary/aromatic N) is 1. The molecule has 1 aliphatic rings. The summed E-state index contributed by atoms with van der Waals surface area (Å²) >= 11 is 0. The highest BCUT2D eigenvalue weighted by Gasteiger charge is 2.24. The lowest BCUT2D eigenvalue weighted by molar-refractivity contribution is -0.121. The molecule has 5 nitrogen and oxygen atoms in total. The Kier molecular flexibility index (Phi) is 6.15. The minimum Gasteiger partial charge on any atom is -0.497 e. The van der Waals surface area contributed by atoms with Gasteiger partial charge in [0.2, 0.25) is 5.91 Å². The molecule has 152 valence electrons. The van der Waals surface area contributed by atoms with Crippen molar-refractivity contribution in [2.24, 2.45) is 0 Å². The van der Waals surface area contributed by atoms with Gasteiger partial charge in [-0.15, -0.1) is 0 Å². The first-order valence-corrected chi connectivity index (χ1v) is 10.4. The number of benzene rings is 2. The molecule has 1 aliphatic heterocycles. The minimum absolute atomic E-state index is 0.0994. The fourth-order valence-electron chi connectivity index (χ4n) is 4.25. The number of amides is 1. The van der Waals surface area contributed by atoms with Crippen molar-refractivity contribution < 1.29 is 9.53 Å². The smallest absolute Gasteiger partial charge is 0.220 e. The van der Waals surface area contributed by atoms with Crippen LogP contribution < -0.4 is 10.1 Å². The van der Waals surface area contributed by atoms with Crippen LogP contribution in [0.15, 0.2) is 54.7 Å². The van der Waals surface area contributed by atoms with E-state index in [4.69, 9.17) is 4.74 Å². The third kappa shape index (κ3) is 4.62. The average molecular weight is 392 g/mol. The summed E-state index contributed by atoms with van der Waals surface area (Å²) in [6.45, 7) is 2.78. The van der Waals surface area contributed by atoms with Crippen LogP contribution in [0.4, 0.5) is 0 Å². The van der Waals surface area contributed by atoms with Crippen molar-refractivity contribution in [3.05, 3.63) is 65.9 Å².